The molecule has 0 saturated heterocycles. The van der Waals surface area contributed by atoms with Gasteiger partial charge in [-0.3, -0.25) is 4.21 Å². The third-order valence-electron chi connectivity index (χ3n) is 2.34. The second kappa shape index (κ2) is 8.38. The molecule has 0 spiro atoms. The Hall–Kier alpha value is 0.0700. The molecule has 0 aromatic heterocycles. The van der Waals surface area contributed by atoms with Crippen LogP contribution in [0, 0.1) is 11.8 Å². The second-order valence-corrected chi connectivity index (χ2v) is 5.11. The van der Waals surface area contributed by atoms with Crippen molar-refractivity contribution in [1.29, 1.82) is 0 Å². The average Bonchev–Trinajstić information content (AvgIpc) is 2.02. The van der Waals surface area contributed by atoms with E-state index >= 15 is 0 Å². The van der Waals surface area contributed by atoms with Gasteiger partial charge in [-0.1, -0.05) is 40.0 Å². The maximum atomic E-state index is 10.2. The van der Waals surface area contributed by atoms with Crippen LogP contribution in [0.4, 0.5) is 0 Å². The maximum Gasteiger partial charge on any atom is 0.0181 e. The van der Waals surface area contributed by atoms with Crippen molar-refractivity contribution >= 4 is 11.3 Å². The van der Waals surface area contributed by atoms with Crippen LogP contribution in [0.3, 0.4) is 0 Å². The SMILES string of the molecule is CC(C)CCCC(C)CCNS(=O)[O-]. The Labute approximate surface area is 90.1 Å². The maximum absolute atomic E-state index is 10.2. The first-order valence-corrected chi connectivity index (χ1v) is 6.42. The van der Waals surface area contributed by atoms with Gasteiger partial charge in [0.2, 0.25) is 0 Å². The fourth-order valence-electron chi connectivity index (χ4n) is 1.41. The lowest BCUT2D eigenvalue weighted by molar-refractivity contribution is 0.433. The van der Waals surface area contributed by atoms with Crippen molar-refractivity contribution in [2.45, 2.75) is 46.5 Å². The minimum Gasteiger partial charge on any atom is -0.760 e. The van der Waals surface area contributed by atoms with Crippen LogP contribution in [0.1, 0.15) is 46.5 Å². The summed E-state index contributed by atoms with van der Waals surface area (Å²) in [5.41, 5.74) is 0. The summed E-state index contributed by atoms with van der Waals surface area (Å²) in [7, 11) is 0. The van der Waals surface area contributed by atoms with Crippen molar-refractivity contribution < 1.29 is 8.76 Å². The smallest absolute Gasteiger partial charge is 0.0181 e. The van der Waals surface area contributed by atoms with E-state index in [2.05, 4.69) is 25.5 Å². The molecule has 0 heterocycles. The monoisotopic (exact) mass is 220 g/mol. The van der Waals surface area contributed by atoms with E-state index in [9.17, 15) is 8.76 Å². The first kappa shape index (κ1) is 14.1. The zero-order valence-electron chi connectivity index (χ0n) is 9.41. The van der Waals surface area contributed by atoms with Crippen molar-refractivity contribution in [2.24, 2.45) is 11.8 Å². The van der Waals surface area contributed by atoms with Crippen LogP contribution in [0.25, 0.3) is 0 Å². The van der Waals surface area contributed by atoms with Crippen LogP contribution in [0.5, 0.6) is 0 Å². The Morgan fingerprint density at radius 3 is 2.36 bits per heavy atom. The van der Waals surface area contributed by atoms with Gasteiger partial charge in [-0.2, -0.15) is 0 Å². The Bertz CT molecular complexity index is 162. The van der Waals surface area contributed by atoms with Crippen molar-refractivity contribution in [2.75, 3.05) is 6.54 Å². The highest BCUT2D eigenvalue weighted by Crippen LogP contribution is 2.14. The third kappa shape index (κ3) is 10.2. The third-order valence-corrected chi connectivity index (χ3v) is 2.78. The fourth-order valence-corrected chi connectivity index (χ4v) is 1.69. The predicted octanol–water partition coefficient (Wildman–Crippen LogP) is 2.22. The Kier molecular flexibility index (Phi) is 8.43. The average molecular weight is 220 g/mol. The minimum atomic E-state index is -2.10. The van der Waals surface area contributed by atoms with Gasteiger partial charge < -0.3 is 4.55 Å². The molecule has 0 aliphatic carbocycles. The van der Waals surface area contributed by atoms with E-state index in [0.29, 0.717) is 12.5 Å². The minimum absolute atomic E-state index is 0.568. The van der Waals surface area contributed by atoms with E-state index in [1.165, 1.54) is 19.3 Å². The normalized spacial score (nSPS) is 15.8. The number of hydrogen-bond donors (Lipinski definition) is 1. The van der Waals surface area contributed by atoms with E-state index in [1.807, 2.05) is 0 Å². The molecule has 0 aromatic rings. The zero-order valence-corrected chi connectivity index (χ0v) is 10.2. The highest BCUT2D eigenvalue weighted by molar-refractivity contribution is 7.77. The van der Waals surface area contributed by atoms with Crippen molar-refractivity contribution in [3.05, 3.63) is 0 Å². The summed E-state index contributed by atoms with van der Waals surface area (Å²) in [6.45, 7) is 7.20. The summed E-state index contributed by atoms with van der Waals surface area (Å²) in [6, 6.07) is 0. The Balaban J connectivity index is 3.27. The molecule has 1 N–H and O–H groups in total. The first-order chi connectivity index (χ1) is 6.52. The molecule has 2 unspecified atom stereocenters. The molecule has 0 bridgehead atoms. The van der Waals surface area contributed by atoms with E-state index in [1.54, 1.807) is 0 Å². The van der Waals surface area contributed by atoms with Crippen LogP contribution < -0.4 is 4.72 Å². The van der Waals surface area contributed by atoms with E-state index < -0.39 is 11.3 Å². The van der Waals surface area contributed by atoms with Crippen molar-refractivity contribution in [3.63, 3.8) is 0 Å². The van der Waals surface area contributed by atoms with Crippen LogP contribution in [0.15, 0.2) is 0 Å². The van der Waals surface area contributed by atoms with Gasteiger partial charge in [0, 0.05) is 17.8 Å². The lowest BCUT2D eigenvalue weighted by atomic mass is 9.97. The molecule has 0 saturated carbocycles. The van der Waals surface area contributed by atoms with Crippen molar-refractivity contribution in [3.8, 4) is 0 Å². The van der Waals surface area contributed by atoms with Crippen LogP contribution in [-0.2, 0) is 11.3 Å². The van der Waals surface area contributed by atoms with Gasteiger partial charge in [0.1, 0.15) is 0 Å². The highest BCUT2D eigenvalue weighted by atomic mass is 32.2. The van der Waals surface area contributed by atoms with Crippen molar-refractivity contribution in [1.82, 2.24) is 4.72 Å². The van der Waals surface area contributed by atoms with Gasteiger partial charge in [-0.25, -0.2) is 4.72 Å². The molecule has 4 heteroatoms. The number of nitrogens with one attached hydrogen (secondary N) is 1. The van der Waals surface area contributed by atoms with Gasteiger partial charge in [-0.05, 0) is 18.3 Å². The van der Waals surface area contributed by atoms with Crippen LogP contribution in [0.2, 0.25) is 0 Å². The molecule has 0 rings (SSSR count). The molecule has 0 radical (unpaired) electrons. The Morgan fingerprint density at radius 1 is 1.21 bits per heavy atom. The molecule has 0 aliphatic rings. The molecule has 0 amide bonds. The molecule has 14 heavy (non-hydrogen) atoms. The van der Waals surface area contributed by atoms with Gasteiger partial charge in [0.25, 0.3) is 0 Å². The number of rotatable bonds is 8. The molecule has 86 valence electrons. The summed E-state index contributed by atoms with van der Waals surface area (Å²) in [5, 5.41) is 0. The summed E-state index contributed by atoms with van der Waals surface area (Å²) >= 11 is -2.10. The number of hydrogen-bond acceptors (Lipinski definition) is 2. The largest absolute Gasteiger partial charge is 0.760 e. The lowest BCUT2D eigenvalue weighted by Crippen LogP contribution is -2.19. The molecule has 0 aliphatic heterocycles. The van der Waals surface area contributed by atoms with E-state index in [-0.39, 0.29) is 0 Å². The molecule has 3 nitrogen and oxygen atoms in total. The lowest BCUT2D eigenvalue weighted by Gasteiger charge is -2.13. The summed E-state index contributed by atoms with van der Waals surface area (Å²) in [6.07, 6.45) is 4.65. The summed E-state index contributed by atoms with van der Waals surface area (Å²) in [5.74, 6) is 1.39. The molecule has 0 fully saturated rings. The van der Waals surface area contributed by atoms with Gasteiger partial charge in [-0.15, -0.1) is 0 Å². The second-order valence-electron chi connectivity index (χ2n) is 4.35. The quantitative estimate of drug-likeness (QED) is 0.638. The summed E-state index contributed by atoms with van der Waals surface area (Å²) in [4.78, 5) is 0. The van der Waals surface area contributed by atoms with E-state index in [0.717, 1.165) is 12.3 Å². The first-order valence-electron chi connectivity index (χ1n) is 5.35. The van der Waals surface area contributed by atoms with Gasteiger partial charge in [0.05, 0.1) is 0 Å². The highest BCUT2D eigenvalue weighted by Gasteiger charge is 2.02. The molecule has 0 aromatic carbocycles. The molecular formula is C10H22NO2S-. The summed E-state index contributed by atoms with van der Waals surface area (Å²) < 4.78 is 22.7. The van der Waals surface area contributed by atoms with Gasteiger partial charge in [0.15, 0.2) is 0 Å². The standard InChI is InChI=1S/C10H23NO2S/c1-9(2)5-4-6-10(3)7-8-11-14(12)13/h9-11H,4-8H2,1-3H3,(H,12,13)/p-1. The van der Waals surface area contributed by atoms with E-state index in [4.69, 9.17) is 0 Å². The van der Waals surface area contributed by atoms with Gasteiger partial charge >= 0.3 is 0 Å². The van der Waals surface area contributed by atoms with Crippen LogP contribution >= 0.6 is 0 Å². The Morgan fingerprint density at radius 2 is 1.86 bits per heavy atom. The predicted molar refractivity (Wildman–Crippen MR) is 59.4 cm³/mol. The van der Waals surface area contributed by atoms with Crippen LogP contribution in [-0.4, -0.2) is 15.3 Å². The molecule has 2 atom stereocenters. The molecular weight excluding hydrogens is 198 g/mol. The topological polar surface area (TPSA) is 52.2 Å². The fraction of sp³-hybridized carbons (Fsp3) is 1.00. The zero-order chi connectivity index (χ0) is 11.0.